The van der Waals surface area contributed by atoms with E-state index in [9.17, 15) is 43.2 Å². The lowest BCUT2D eigenvalue weighted by molar-refractivity contribution is 0.0587. The Labute approximate surface area is 489 Å². The van der Waals surface area contributed by atoms with Gasteiger partial charge in [-0.25, -0.2) is 24.0 Å². The number of nitrogen functional groups attached to an aromatic ring is 1. The number of hydrogen-bond donors (Lipinski definition) is 4. The monoisotopic (exact) mass is 1210 g/mol. The van der Waals surface area contributed by atoms with E-state index < -0.39 is 40.8 Å². The van der Waals surface area contributed by atoms with E-state index >= 15 is 0 Å². The van der Waals surface area contributed by atoms with Gasteiger partial charge in [0.1, 0.15) is 28.0 Å². The molecular weight excluding hydrogens is 1130 g/mol. The number of nitrogens with two attached hydrogens (primary N) is 2. The van der Waals surface area contributed by atoms with E-state index in [0.717, 1.165) is 32.1 Å². The zero-order valence-corrected chi connectivity index (χ0v) is 49.2. The fourth-order valence-electron chi connectivity index (χ4n) is 7.95. The Morgan fingerprint density at radius 3 is 1.29 bits per heavy atom. The van der Waals surface area contributed by atoms with Crippen LogP contribution in [0, 0.1) is 0 Å². The van der Waals surface area contributed by atoms with Crippen LogP contribution < -0.4 is 44.6 Å². The van der Waals surface area contributed by atoms with Crippen LogP contribution in [0.3, 0.4) is 0 Å². The van der Waals surface area contributed by atoms with Crippen LogP contribution in [0.15, 0.2) is 120 Å². The molecule has 5 saturated carbocycles. The van der Waals surface area contributed by atoms with E-state index in [4.69, 9.17) is 45.0 Å². The van der Waals surface area contributed by atoms with Crippen molar-refractivity contribution < 1.29 is 66.6 Å². The van der Waals surface area contributed by atoms with Crippen molar-refractivity contribution in [3.8, 4) is 0 Å². The van der Waals surface area contributed by atoms with Gasteiger partial charge in [-0.3, -0.25) is 24.5 Å². The Morgan fingerprint density at radius 2 is 0.916 bits per heavy atom. The predicted octanol–water partition coefficient (Wildman–Crippen LogP) is 4.65. The van der Waals surface area contributed by atoms with Crippen LogP contribution in [-0.2, 0) is 37.9 Å². The summed E-state index contributed by atoms with van der Waals surface area (Å²) in [5, 5.41) is 11.3. The molecule has 26 nitrogen and oxygen atoms in total. The third kappa shape index (κ3) is 19.9. The summed E-state index contributed by atoms with van der Waals surface area (Å²) in [5.41, 5.74) is 8.70. The summed E-state index contributed by atoms with van der Waals surface area (Å²) in [5.74, 6) is -2.47. The second kappa shape index (κ2) is 31.9. The lowest BCUT2D eigenvalue weighted by Crippen LogP contribution is -2.30. The van der Waals surface area contributed by atoms with Crippen molar-refractivity contribution in [3.05, 3.63) is 160 Å². The number of carboxylic acids is 1. The zero-order chi connectivity index (χ0) is 59.9. The van der Waals surface area contributed by atoms with Gasteiger partial charge in [0.05, 0.1) is 80.9 Å². The maximum atomic E-state index is 12.3. The first-order valence-corrected chi connectivity index (χ1v) is 25.5. The molecule has 0 bridgehead atoms. The van der Waals surface area contributed by atoms with E-state index in [1.54, 1.807) is 127 Å². The third-order valence-corrected chi connectivity index (χ3v) is 12.9. The van der Waals surface area contributed by atoms with Crippen LogP contribution >= 0.6 is 24.8 Å². The van der Waals surface area contributed by atoms with Gasteiger partial charge < -0.3 is 77.2 Å². The summed E-state index contributed by atoms with van der Waals surface area (Å²) in [6, 6.07) is 16.1. The molecule has 0 aromatic carbocycles. The maximum Gasteiger partial charge on any atom is 0.412 e. The number of ether oxygens (including phenoxy) is 8. The first kappa shape index (κ1) is 69.8. The molecule has 5 aliphatic rings. The lowest BCUT2D eigenvalue weighted by Gasteiger charge is -2.19. The molecule has 5 fully saturated rings. The van der Waals surface area contributed by atoms with Crippen molar-refractivity contribution in [1.29, 1.82) is 0 Å². The molecule has 5 aliphatic carbocycles. The minimum Gasteiger partial charge on any atom is -0.477 e. The highest BCUT2D eigenvalue weighted by Crippen LogP contribution is 2.39. The topological polar surface area (TPSA) is 345 Å². The number of hydrogen-bond acceptors (Lipinski definition) is 20. The van der Waals surface area contributed by atoms with Crippen molar-refractivity contribution in [2.75, 3.05) is 60.8 Å². The number of nitrogens with one attached hydrogen (secondary N) is 1. The van der Waals surface area contributed by atoms with Gasteiger partial charge in [-0.2, -0.15) is 0 Å². The number of amides is 1. The number of aromatic carboxylic acids is 1. The van der Waals surface area contributed by atoms with Crippen LogP contribution in [0.2, 0.25) is 0 Å². The van der Waals surface area contributed by atoms with Gasteiger partial charge in [-0.15, -0.1) is 24.8 Å². The van der Waals surface area contributed by atoms with E-state index in [-0.39, 0.29) is 112 Å². The van der Waals surface area contributed by atoms with Gasteiger partial charge in [-0.1, -0.05) is 0 Å². The van der Waals surface area contributed by atoms with Gasteiger partial charge in [-0.05, 0) is 114 Å². The van der Waals surface area contributed by atoms with Crippen LogP contribution in [0.4, 0.5) is 16.2 Å². The first-order valence-electron chi connectivity index (χ1n) is 25.5. The van der Waals surface area contributed by atoms with Gasteiger partial charge in [0.2, 0.25) is 0 Å². The molecule has 5 heterocycles. The highest BCUT2D eigenvalue weighted by molar-refractivity contribution is 5.89. The molecule has 4 unspecified atom stereocenters. The molecule has 10 atom stereocenters. The summed E-state index contributed by atoms with van der Waals surface area (Å²) < 4.78 is 50.0. The van der Waals surface area contributed by atoms with E-state index in [1.807, 2.05) is 0 Å². The van der Waals surface area contributed by atoms with Crippen LogP contribution in [0.5, 0.6) is 0 Å². The summed E-state index contributed by atoms with van der Waals surface area (Å²) in [6.45, 7) is 5.30. The predicted molar refractivity (Wildman–Crippen MR) is 307 cm³/mol. The zero-order valence-electron chi connectivity index (χ0n) is 47.5. The Balaban J connectivity index is 0.000000266. The summed E-state index contributed by atoms with van der Waals surface area (Å²) in [7, 11) is 10.6. The number of methoxy groups -OCH3 is 7. The number of rotatable bonds is 13. The lowest BCUT2D eigenvalue weighted by atomic mass is 10.2. The Hall–Kier alpha value is -7.43. The van der Waals surface area contributed by atoms with Gasteiger partial charge >= 0.3 is 29.6 Å². The molecule has 0 aliphatic heterocycles. The van der Waals surface area contributed by atoms with Crippen molar-refractivity contribution in [3.63, 3.8) is 0 Å². The normalized spacial score (nSPS) is 22.3. The Morgan fingerprint density at radius 1 is 0.542 bits per heavy atom. The first-order chi connectivity index (χ1) is 38.5. The number of aromatic nitrogens is 4. The van der Waals surface area contributed by atoms with Crippen molar-refractivity contribution in [2.24, 2.45) is 5.73 Å². The molecular formula is C55H73Cl2N7O19. The number of carbonyl (C=O) groups is 4. The smallest absolute Gasteiger partial charge is 0.412 e. The summed E-state index contributed by atoms with van der Waals surface area (Å²) in [6.07, 6.45) is 12.4. The van der Waals surface area contributed by atoms with Crippen LogP contribution in [0.25, 0.3) is 0 Å². The molecule has 6 N–H and O–H groups in total. The minimum atomic E-state index is -1.19. The SMILES string of the molecule is COC(=O)c1cccn(C2C[C@@H]2OC)c1=O.COC(=O)c1cccoc1=O.CO[C@H]1CC1n1cccc(C(=O)O)c1=O.CO[C@H]1CC1n1cccc(N)c1=O.CO[C@H]1CC1n1cccc(NC(=O)OC(C)(C)C)c1=O.CO[C@H]1C[C@@H]1N.Cl.Cl. The van der Waals surface area contributed by atoms with Gasteiger partial charge in [0, 0.05) is 66.4 Å². The molecule has 28 heteroatoms. The fourth-order valence-corrected chi connectivity index (χ4v) is 7.95. The Bertz CT molecular complexity index is 3280. The van der Waals surface area contributed by atoms with Crippen LogP contribution in [0.1, 0.15) is 108 Å². The standard InChI is InChI=1S/C14H20N2O4.C11H13NO4.C10H11NO4.C9H12N2O2.C7H6O4.C4H9NO.2ClH/c1-14(2,3)20-13(18)15-9-6-5-7-16(12(9)17)10-8-11(10)19-4;1-15-9-6-8(9)12-5-3-4-7(10(12)13)11(14)16-2;1-15-8-5-7(8)11-4-2-3-6(9(11)12)10(13)14;1-13-8-5-7(8)11-4-2-3-6(10)9(11)12;1-10-6(8)5-3-2-4-11-7(5)9;1-6-4-2-3(4)5;;/h5-7,10-11H,8H2,1-4H3,(H,15,18);3-5,8-9H,6H2,1-2H3;2-4,7-8H,5H2,1H3,(H,13,14);2-4,7-8H,5,10H2,1H3;2-4H,1H3;3-4H,2,5H2,1H3;2*1H/t10?,11-;8?,9-;2*7?,8-;;3-,4-;;/m0000.0../s1. The Kier molecular flexibility index (Phi) is 26.8. The number of anilines is 2. The molecule has 83 heavy (non-hydrogen) atoms. The molecule has 456 valence electrons. The molecule has 0 radical (unpaired) electrons. The van der Waals surface area contributed by atoms with Gasteiger partial charge in [0.15, 0.2) is 0 Å². The summed E-state index contributed by atoms with van der Waals surface area (Å²) >= 11 is 0. The van der Waals surface area contributed by atoms with E-state index in [0.29, 0.717) is 17.8 Å². The number of pyridine rings is 4. The van der Waals surface area contributed by atoms with Crippen molar-refractivity contribution in [1.82, 2.24) is 18.3 Å². The molecule has 10 rings (SSSR count). The third-order valence-electron chi connectivity index (χ3n) is 12.9. The van der Waals surface area contributed by atoms with E-state index in [1.165, 1.54) is 53.9 Å². The number of halogens is 2. The van der Waals surface area contributed by atoms with E-state index in [2.05, 4.69) is 19.2 Å². The quantitative estimate of drug-likeness (QED) is 0.0920. The molecule has 5 aromatic heterocycles. The molecule has 0 saturated heterocycles. The molecule has 5 aromatic rings. The second-order valence-electron chi connectivity index (χ2n) is 19.8. The highest BCUT2D eigenvalue weighted by atomic mass is 35.5. The van der Waals surface area contributed by atoms with Crippen molar-refractivity contribution in [2.45, 2.75) is 119 Å². The number of carboxylic acid groups (broad SMARTS) is 1. The average Bonchev–Trinajstić information content (AvgIpc) is 4.40. The van der Waals surface area contributed by atoms with Crippen LogP contribution in [-0.4, -0.2) is 139 Å². The van der Waals surface area contributed by atoms with Crippen molar-refractivity contribution >= 4 is 60.2 Å². The largest absolute Gasteiger partial charge is 0.477 e. The minimum absolute atomic E-state index is 0. The second-order valence-corrected chi connectivity index (χ2v) is 19.8. The molecule has 1 amide bonds. The summed E-state index contributed by atoms with van der Waals surface area (Å²) in [4.78, 5) is 103. The highest BCUT2D eigenvalue weighted by Gasteiger charge is 2.42. The maximum absolute atomic E-state index is 12.3. The number of nitrogens with zero attached hydrogens (tertiary/aromatic N) is 4. The van der Waals surface area contributed by atoms with Gasteiger partial charge in [0.25, 0.3) is 22.2 Å². The fraction of sp³-hybridized carbons (Fsp3) is 0.473. The molecule has 0 spiro atoms. The number of esters is 2. The number of carbonyl (C=O) groups excluding carboxylic acids is 3. The average molecular weight is 1210 g/mol.